The summed E-state index contributed by atoms with van der Waals surface area (Å²) in [6, 6.07) is 8.34. The maximum Gasteiger partial charge on any atom is 0.207 e. The van der Waals surface area contributed by atoms with Crippen molar-refractivity contribution in [2.75, 3.05) is 5.32 Å². The fourth-order valence-electron chi connectivity index (χ4n) is 3.82. The third-order valence-corrected chi connectivity index (χ3v) is 6.69. The molecule has 0 bridgehead atoms. The standard InChI is InChI=1S/C17H22N4OS.C4H9NO/c1-2-11-3-4-12(7-11)15-9-17(21-20-15)19-14-5-6-16-13(8-14)10-18-23(16)22;1-4(2)5-3-6/h5-6,8-9,11-12,18H,2-4,7,10H2,1H3,(H2,19,20,21);3-4H,1-2H3,(H,5,6). The Balaban J connectivity index is 0.000000353. The lowest BCUT2D eigenvalue weighted by Crippen LogP contribution is -2.19. The van der Waals surface area contributed by atoms with Gasteiger partial charge in [0.25, 0.3) is 0 Å². The van der Waals surface area contributed by atoms with Crippen LogP contribution in [0.2, 0.25) is 0 Å². The minimum Gasteiger partial charge on any atom is -0.357 e. The fraction of sp³-hybridized carbons (Fsp3) is 0.524. The molecule has 2 heterocycles. The molecule has 1 aromatic carbocycles. The number of fused-ring (bicyclic) bond motifs is 1. The van der Waals surface area contributed by atoms with E-state index >= 15 is 0 Å². The number of amides is 1. The molecule has 0 saturated heterocycles. The van der Waals surface area contributed by atoms with Crippen LogP contribution >= 0.6 is 0 Å². The first-order valence-electron chi connectivity index (χ1n) is 10.3. The second kappa shape index (κ2) is 10.0. The molecule has 29 heavy (non-hydrogen) atoms. The topological polar surface area (TPSA) is 98.9 Å². The molecule has 8 heteroatoms. The van der Waals surface area contributed by atoms with Crippen molar-refractivity contribution in [1.82, 2.24) is 20.2 Å². The van der Waals surface area contributed by atoms with Gasteiger partial charge in [0, 0.05) is 36.0 Å². The minimum atomic E-state index is -1.05. The Labute approximate surface area is 175 Å². The molecule has 7 nitrogen and oxygen atoms in total. The van der Waals surface area contributed by atoms with Gasteiger partial charge < -0.3 is 10.6 Å². The highest BCUT2D eigenvalue weighted by Crippen LogP contribution is 2.39. The summed E-state index contributed by atoms with van der Waals surface area (Å²) in [6.45, 7) is 6.76. The van der Waals surface area contributed by atoms with Gasteiger partial charge in [-0.15, -0.1) is 0 Å². The number of hydrogen-bond acceptors (Lipinski definition) is 4. The summed E-state index contributed by atoms with van der Waals surface area (Å²) >= 11 is 0. The van der Waals surface area contributed by atoms with Crippen LogP contribution in [-0.2, 0) is 22.3 Å². The molecule has 0 radical (unpaired) electrons. The van der Waals surface area contributed by atoms with E-state index in [-0.39, 0.29) is 6.04 Å². The summed E-state index contributed by atoms with van der Waals surface area (Å²) in [5.74, 6) is 2.34. The van der Waals surface area contributed by atoms with Crippen LogP contribution in [0.4, 0.5) is 11.5 Å². The number of anilines is 2. The van der Waals surface area contributed by atoms with Crippen molar-refractivity contribution in [1.29, 1.82) is 0 Å². The van der Waals surface area contributed by atoms with E-state index in [0.717, 1.165) is 27.9 Å². The average Bonchev–Trinajstić information content (AvgIpc) is 3.42. The lowest BCUT2D eigenvalue weighted by molar-refractivity contribution is -0.109. The molecule has 1 aliphatic heterocycles. The number of aromatic nitrogens is 2. The molecular weight excluding hydrogens is 386 g/mol. The highest BCUT2D eigenvalue weighted by Gasteiger charge is 2.26. The van der Waals surface area contributed by atoms with Gasteiger partial charge in [0.1, 0.15) is 11.0 Å². The van der Waals surface area contributed by atoms with Gasteiger partial charge in [-0.05, 0) is 62.8 Å². The Hall–Kier alpha value is -2.19. The van der Waals surface area contributed by atoms with Crippen molar-refractivity contribution < 1.29 is 9.00 Å². The third kappa shape index (κ3) is 5.67. The van der Waals surface area contributed by atoms with E-state index in [2.05, 4.69) is 38.5 Å². The van der Waals surface area contributed by atoms with Crippen LogP contribution in [0, 0.1) is 5.92 Å². The fourth-order valence-corrected chi connectivity index (χ4v) is 4.82. The van der Waals surface area contributed by atoms with E-state index in [1.165, 1.54) is 31.4 Å². The number of aromatic amines is 1. The Kier molecular flexibility index (Phi) is 7.44. The van der Waals surface area contributed by atoms with Crippen molar-refractivity contribution in [3.05, 3.63) is 35.5 Å². The number of rotatable bonds is 6. The number of carbonyl (C=O) groups excluding carboxylic acids is 1. The Bertz CT molecular complexity index is 851. The van der Waals surface area contributed by atoms with Crippen molar-refractivity contribution in [3.8, 4) is 0 Å². The second-order valence-corrected chi connectivity index (χ2v) is 9.24. The maximum atomic E-state index is 11.7. The molecular formula is C21H31N5O2S. The highest BCUT2D eigenvalue weighted by atomic mass is 32.2. The van der Waals surface area contributed by atoms with Crippen LogP contribution in [0.5, 0.6) is 0 Å². The van der Waals surface area contributed by atoms with Crippen molar-refractivity contribution in [3.63, 3.8) is 0 Å². The molecule has 2 aliphatic rings. The molecule has 158 valence electrons. The number of benzene rings is 1. The van der Waals surface area contributed by atoms with Crippen LogP contribution < -0.4 is 15.4 Å². The molecule has 4 rings (SSSR count). The number of carbonyl (C=O) groups is 1. The van der Waals surface area contributed by atoms with E-state index in [1.54, 1.807) is 0 Å². The van der Waals surface area contributed by atoms with Crippen LogP contribution in [0.15, 0.2) is 29.2 Å². The lowest BCUT2D eigenvalue weighted by Gasteiger charge is -2.07. The largest absolute Gasteiger partial charge is 0.357 e. The molecule has 1 fully saturated rings. The average molecular weight is 418 g/mol. The van der Waals surface area contributed by atoms with Gasteiger partial charge in [0.15, 0.2) is 5.82 Å². The number of nitrogens with one attached hydrogen (secondary N) is 4. The van der Waals surface area contributed by atoms with Crippen molar-refractivity contribution in [2.45, 2.75) is 69.9 Å². The van der Waals surface area contributed by atoms with Crippen LogP contribution in [-0.4, -0.2) is 26.9 Å². The Morgan fingerprint density at radius 1 is 1.31 bits per heavy atom. The number of H-pyrrole nitrogens is 1. The summed E-state index contributed by atoms with van der Waals surface area (Å²) < 4.78 is 14.6. The van der Waals surface area contributed by atoms with E-state index < -0.39 is 11.0 Å². The van der Waals surface area contributed by atoms with Crippen molar-refractivity contribution in [2.24, 2.45) is 5.92 Å². The van der Waals surface area contributed by atoms with Crippen LogP contribution in [0.3, 0.4) is 0 Å². The number of nitrogens with zero attached hydrogens (tertiary/aromatic N) is 1. The molecule has 4 N–H and O–H groups in total. The van der Waals surface area contributed by atoms with E-state index in [0.29, 0.717) is 18.9 Å². The molecule has 1 amide bonds. The Morgan fingerprint density at radius 2 is 2.14 bits per heavy atom. The molecule has 1 aliphatic carbocycles. The maximum absolute atomic E-state index is 11.7. The molecule has 3 unspecified atom stereocenters. The zero-order chi connectivity index (χ0) is 20.8. The Morgan fingerprint density at radius 3 is 2.79 bits per heavy atom. The van der Waals surface area contributed by atoms with Crippen molar-refractivity contribution >= 4 is 28.9 Å². The van der Waals surface area contributed by atoms with E-state index in [1.807, 2.05) is 32.0 Å². The lowest BCUT2D eigenvalue weighted by atomic mass is 10.0. The normalized spacial score (nSPS) is 22.7. The molecule has 3 atom stereocenters. The summed E-state index contributed by atoms with van der Waals surface area (Å²) in [4.78, 5) is 10.4. The smallest absolute Gasteiger partial charge is 0.207 e. The van der Waals surface area contributed by atoms with E-state index in [4.69, 9.17) is 0 Å². The zero-order valence-electron chi connectivity index (χ0n) is 17.3. The summed E-state index contributed by atoms with van der Waals surface area (Å²) in [5.41, 5.74) is 3.32. The highest BCUT2D eigenvalue weighted by molar-refractivity contribution is 7.83. The minimum absolute atomic E-state index is 0.280. The van der Waals surface area contributed by atoms with Gasteiger partial charge >= 0.3 is 0 Å². The SMILES string of the molecule is CC(C)NC=O.CCC1CCC(c2cc(Nc3ccc4c(c3)CNS4=O)n[nH]2)C1. The van der Waals surface area contributed by atoms with Crippen LogP contribution in [0.1, 0.15) is 63.6 Å². The molecule has 1 saturated carbocycles. The van der Waals surface area contributed by atoms with Gasteiger partial charge in [0.2, 0.25) is 6.41 Å². The second-order valence-electron chi connectivity index (χ2n) is 7.97. The predicted octanol–water partition coefficient (Wildman–Crippen LogP) is 3.71. The van der Waals surface area contributed by atoms with E-state index in [9.17, 15) is 9.00 Å². The summed E-state index contributed by atoms with van der Waals surface area (Å²) in [7, 11) is -1.05. The third-order valence-electron chi connectivity index (χ3n) is 5.48. The predicted molar refractivity (Wildman–Crippen MR) is 116 cm³/mol. The summed E-state index contributed by atoms with van der Waals surface area (Å²) in [5, 5.41) is 13.5. The zero-order valence-corrected chi connectivity index (χ0v) is 18.1. The van der Waals surface area contributed by atoms with Gasteiger partial charge in [-0.3, -0.25) is 9.89 Å². The monoisotopic (exact) mass is 417 g/mol. The number of hydrogen-bond donors (Lipinski definition) is 4. The van der Waals surface area contributed by atoms with Gasteiger partial charge in [-0.25, -0.2) is 8.93 Å². The summed E-state index contributed by atoms with van der Waals surface area (Å²) in [6.07, 6.45) is 5.84. The quantitative estimate of drug-likeness (QED) is 0.539. The molecule has 1 aromatic heterocycles. The van der Waals surface area contributed by atoms with Crippen LogP contribution in [0.25, 0.3) is 0 Å². The first kappa shape index (κ1) is 21.5. The first-order valence-corrected chi connectivity index (χ1v) is 11.4. The molecule has 2 aromatic rings. The van der Waals surface area contributed by atoms with Gasteiger partial charge in [0.05, 0.1) is 4.90 Å². The van der Waals surface area contributed by atoms with Gasteiger partial charge in [-0.2, -0.15) is 5.10 Å². The van der Waals surface area contributed by atoms with Gasteiger partial charge in [-0.1, -0.05) is 13.3 Å². The first-order chi connectivity index (χ1) is 14.0. The molecule has 0 spiro atoms.